The van der Waals surface area contributed by atoms with Gasteiger partial charge in [-0.3, -0.25) is 11.3 Å². The first kappa shape index (κ1) is 15.0. The summed E-state index contributed by atoms with van der Waals surface area (Å²) in [7, 11) is 0. The van der Waals surface area contributed by atoms with Crippen molar-refractivity contribution in [3.8, 4) is 0 Å². The van der Waals surface area contributed by atoms with Crippen molar-refractivity contribution < 1.29 is 13.2 Å². The highest BCUT2D eigenvalue weighted by atomic mass is 79.9. The first-order chi connectivity index (χ1) is 9.49. The van der Waals surface area contributed by atoms with Crippen molar-refractivity contribution in [1.29, 1.82) is 0 Å². The topological polar surface area (TPSA) is 38.0 Å². The van der Waals surface area contributed by atoms with Crippen molar-refractivity contribution in [3.63, 3.8) is 0 Å². The second-order valence-electron chi connectivity index (χ2n) is 4.37. The van der Waals surface area contributed by atoms with Crippen molar-refractivity contribution in [2.75, 3.05) is 0 Å². The molecule has 20 heavy (non-hydrogen) atoms. The third kappa shape index (κ3) is 3.59. The lowest BCUT2D eigenvalue weighted by molar-refractivity contribution is 0.506. The Labute approximate surface area is 122 Å². The Morgan fingerprint density at radius 1 is 1.05 bits per heavy atom. The highest BCUT2D eigenvalue weighted by Gasteiger charge is 2.16. The maximum atomic E-state index is 13.9. The van der Waals surface area contributed by atoms with Crippen molar-refractivity contribution >= 4 is 15.9 Å². The van der Waals surface area contributed by atoms with E-state index in [2.05, 4.69) is 21.4 Å². The molecule has 2 aromatic carbocycles. The average Bonchev–Trinajstić information content (AvgIpc) is 2.35. The molecule has 0 saturated carbocycles. The molecule has 2 aromatic rings. The SMILES string of the molecule is NNC(Cc1cc(F)cc(F)c1)c1ccc(Br)cc1F. The van der Waals surface area contributed by atoms with E-state index in [1.54, 1.807) is 12.1 Å². The fourth-order valence-corrected chi connectivity index (χ4v) is 2.34. The molecule has 1 atom stereocenters. The van der Waals surface area contributed by atoms with Gasteiger partial charge in [-0.05, 0) is 36.2 Å². The van der Waals surface area contributed by atoms with Gasteiger partial charge in [0.2, 0.25) is 0 Å². The molecule has 0 radical (unpaired) electrons. The van der Waals surface area contributed by atoms with Gasteiger partial charge in [0.25, 0.3) is 0 Å². The summed E-state index contributed by atoms with van der Waals surface area (Å²) in [6.45, 7) is 0. The summed E-state index contributed by atoms with van der Waals surface area (Å²) in [6.07, 6.45) is 0.170. The van der Waals surface area contributed by atoms with E-state index in [1.807, 2.05) is 0 Å². The highest BCUT2D eigenvalue weighted by Crippen LogP contribution is 2.24. The molecular weight excluding hydrogens is 333 g/mol. The molecule has 0 aliphatic rings. The molecule has 2 nitrogen and oxygen atoms in total. The van der Waals surface area contributed by atoms with Crippen LogP contribution in [0.25, 0.3) is 0 Å². The molecule has 106 valence electrons. The summed E-state index contributed by atoms with van der Waals surface area (Å²) in [4.78, 5) is 0. The van der Waals surface area contributed by atoms with Crippen LogP contribution < -0.4 is 11.3 Å². The van der Waals surface area contributed by atoms with Crippen molar-refractivity contribution in [2.45, 2.75) is 12.5 Å². The van der Waals surface area contributed by atoms with Crippen LogP contribution in [0.2, 0.25) is 0 Å². The van der Waals surface area contributed by atoms with Crippen LogP contribution in [0.4, 0.5) is 13.2 Å². The van der Waals surface area contributed by atoms with Gasteiger partial charge in [0.1, 0.15) is 17.5 Å². The molecule has 0 aromatic heterocycles. The third-order valence-corrected chi connectivity index (χ3v) is 3.39. The van der Waals surface area contributed by atoms with Gasteiger partial charge in [0, 0.05) is 16.1 Å². The van der Waals surface area contributed by atoms with Gasteiger partial charge in [-0.2, -0.15) is 0 Å². The molecule has 0 fully saturated rings. The molecule has 0 bridgehead atoms. The van der Waals surface area contributed by atoms with E-state index >= 15 is 0 Å². The molecule has 2 rings (SSSR count). The van der Waals surface area contributed by atoms with Crippen molar-refractivity contribution in [1.82, 2.24) is 5.43 Å². The number of rotatable bonds is 4. The van der Waals surface area contributed by atoms with Crippen LogP contribution in [0.15, 0.2) is 40.9 Å². The van der Waals surface area contributed by atoms with E-state index in [9.17, 15) is 13.2 Å². The van der Waals surface area contributed by atoms with Crippen LogP contribution in [0.1, 0.15) is 17.2 Å². The van der Waals surface area contributed by atoms with Crippen LogP contribution >= 0.6 is 15.9 Å². The molecule has 1 unspecified atom stereocenters. The largest absolute Gasteiger partial charge is 0.271 e. The zero-order valence-corrected chi connectivity index (χ0v) is 11.9. The van der Waals surface area contributed by atoms with Gasteiger partial charge < -0.3 is 0 Å². The summed E-state index contributed by atoms with van der Waals surface area (Å²) in [5, 5.41) is 0. The van der Waals surface area contributed by atoms with Crippen LogP contribution in [0.3, 0.4) is 0 Å². The Morgan fingerprint density at radius 3 is 2.25 bits per heavy atom. The maximum Gasteiger partial charge on any atom is 0.129 e. The van der Waals surface area contributed by atoms with Gasteiger partial charge >= 0.3 is 0 Å². The highest BCUT2D eigenvalue weighted by molar-refractivity contribution is 9.10. The minimum Gasteiger partial charge on any atom is -0.271 e. The first-order valence-electron chi connectivity index (χ1n) is 5.85. The molecule has 3 N–H and O–H groups in total. The minimum absolute atomic E-state index is 0.170. The predicted molar refractivity (Wildman–Crippen MR) is 74.2 cm³/mol. The fraction of sp³-hybridized carbons (Fsp3) is 0.143. The molecule has 0 heterocycles. The molecule has 0 aliphatic heterocycles. The van der Waals surface area contributed by atoms with Gasteiger partial charge in [0.15, 0.2) is 0 Å². The Bertz CT molecular complexity index is 599. The van der Waals surface area contributed by atoms with Gasteiger partial charge in [-0.15, -0.1) is 0 Å². The number of hydrogen-bond acceptors (Lipinski definition) is 2. The zero-order chi connectivity index (χ0) is 14.7. The van der Waals surface area contributed by atoms with E-state index in [0.29, 0.717) is 15.6 Å². The molecular formula is C14H12BrF3N2. The summed E-state index contributed by atoms with van der Waals surface area (Å²) >= 11 is 3.16. The Hall–Kier alpha value is -1.37. The minimum atomic E-state index is -0.674. The van der Waals surface area contributed by atoms with E-state index in [1.165, 1.54) is 18.2 Å². The number of hydrazine groups is 1. The average molecular weight is 345 g/mol. The van der Waals surface area contributed by atoms with E-state index < -0.39 is 23.5 Å². The van der Waals surface area contributed by atoms with E-state index in [4.69, 9.17) is 5.84 Å². The second-order valence-corrected chi connectivity index (χ2v) is 5.28. The number of halogens is 4. The van der Waals surface area contributed by atoms with Crippen LogP contribution in [0.5, 0.6) is 0 Å². The number of nitrogens with two attached hydrogens (primary N) is 1. The van der Waals surface area contributed by atoms with Crippen LogP contribution in [-0.4, -0.2) is 0 Å². The summed E-state index contributed by atoms with van der Waals surface area (Å²) in [5.41, 5.74) is 3.20. The molecule has 6 heteroatoms. The van der Waals surface area contributed by atoms with Crippen LogP contribution in [-0.2, 0) is 6.42 Å². The normalized spacial score (nSPS) is 12.4. The quantitative estimate of drug-likeness (QED) is 0.656. The monoisotopic (exact) mass is 344 g/mol. The molecule has 0 amide bonds. The standard InChI is InChI=1S/C14H12BrF3N2/c15-9-1-2-12(13(18)6-9)14(20-19)5-8-3-10(16)7-11(17)4-8/h1-4,6-7,14,20H,5,19H2. The number of benzene rings is 2. The van der Waals surface area contributed by atoms with Gasteiger partial charge in [-0.25, -0.2) is 13.2 Å². The first-order valence-corrected chi connectivity index (χ1v) is 6.65. The van der Waals surface area contributed by atoms with Crippen LogP contribution in [0, 0.1) is 17.5 Å². The molecule has 0 spiro atoms. The van der Waals surface area contributed by atoms with Gasteiger partial charge in [-0.1, -0.05) is 22.0 Å². The lowest BCUT2D eigenvalue weighted by Gasteiger charge is -2.17. The number of hydrogen-bond donors (Lipinski definition) is 2. The summed E-state index contributed by atoms with van der Waals surface area (Å²) in [6, 6.07) is 7.16. The third-order valence-electron chi connectivity index (χ3n) is 2.90. The van der Waals surface area contributed by atoms with Crippen molar-refractivity contribution in [2.24, 2.45) is 5.84 Å². The molecule has 0 aliphatic carbocycles. The second kappa shape index (κ2) is 6.39. The zero-order valence-electron chi connectivity index (χ0n) is 10.3. The smallest absolute Gasteiger partial charge is 0.129 e. The Morgan fingerprint density at radius 2 is 1.70 bits per heavy atom. The fourth-order valence-electron chi connectivity index (χ4n) is 2.01. The van der Waals surface area contributed by atoms with Gasteiger partial charge in [0.05, 0.1) is 6.04 Å². The summed E-state index contributed by atoms with van der Waals surface area (Å²) in [5.74, 6) is 3.63. The number of nitrogens with one attached hydrogen (secondary N) is 1. The molecule has 0 saturated heterocycles. The lowest BCUT2D eigenvalue weighted by atomic mass is 9.99. The maximum absolute atomic E-state index is 13.9. The Kier molecular flexibility index (Phi) is 4.80. The van der Waals surface area contributed by atoms with E-state index in [-0.39, 0.29) is 6.42 Å². The Balaban J connectivity index is 2.28. The lowest BCUT2D eigenvalue weighted by Crippen LogP contribution is -2.30. The van der Waals surface area contributed by atoms with E-state index in [0.717, 1.165) is 6.07 Å². The summed E-state index contributed by atoms with van der Waals surface area (Å²) < 4.78 is 40.8. The van der Waals surface area contributed by atoms with Crippen molar-refractivity contribution in [3.05, 3.63) is 69.4 Å². The predicted octanol–water partition coefficient (Wildman–Crippen LogP) is 3.61.